The fourth-order valence-corrected chi connectivity index (χ4v) is 4.78. The summed E-state index contributed by atoms with van der Waals surface area (Å²) in [7, 11) is 0. The lowest BCUT2D eigenvalue weighted by atomic mass is 9.94. The number of esters is 1. The Morgan fingerprint density at radius 2 is 1.94 bits per heavy atom. The van der Waals surface area contributed by atoms with Gasteiger partial charge in [-0.2, -0.15) is 4.98 Å². The number of aryl methyl sites for hydroxylation is 2. The summed E-state index contributed by atoms with van der Waals surface area (Å²) in [5.74, 6) is 1.51. The van der Waals surface area contributed by atoms with Crippen LogP contribution in [0.5, 0.6) is 0 Å². The van der Waals surface area contributed by atoms with Gasteiger partial charge in [-0.1, -0.05) is 35.5 Å². The van der Waals surface area contributed by atoms with Gasteiger partial charge >= 0.3 is 5.97 Å². The first kappa shape index (κ1) is 22.0. The summed E-state index contributed by atoms with van der Waals surface area (Å²) in [5, 5.41) is 4.16. The molecule has 168 valence electrons. The van der Waals surface area contributed by atoms with Gasteiger partial charge in [-0.15, -0.1) is 0 Å². The SMILES string of the molecule is CCOC(=O)[C@H]1CCCN(C2CCN(Cc3nc(CCc4ccccc4)no3)CC2)C1. The average Bonchev–Trinajstić information content (AvgIpc) is 3.26. The molecule has 1 aromatic carbocycles. The molecule has 2 aliphatic heterocycles. The maximum atomic E-state index is 12.1. The lowest BCUT2D eigenvalue weighted by molar-refractivity contribution is -0.150. The van der Waals surface area contributed by atoms with Gasteiger partial charge in [0.05, 0.1) is 19.1 Å². The molecule has 0 radical (unpaired) electrons. The highest BCUT2D eigenvalue weighted by atomic mass is 16.5. The number of hydrogen-bond acceptors (Lipinski definition) is 7. The van der Waals surface area contributed by atoms with E-state index in [1.54, 1.807) is 0 Å². The largest absolute Gasteiger partial charge is 0.466 e. The average molecular weight is 427 g/mol. The molecule has 2 aliphatic rings. The van der Waals surface area contributed by atoms with Gasteiger partial charge in [-0.05, 0) is 51.1 Å². The minimum atomic E-state index is -0.0240. The quantitative estimate of drug-likeness (QED) is 0.601. The zero-order valence-electron chi connectivity index (χ0n) is 18.5. The van der Waals surface area contributed by atoms with Crippen LogP contribution in [0.3, 0.4) is 0 Å². The third kappa shape index (κ3) is 6.14. The number of rotatable bonds is 8. The Morgan fingerprint density at radius 3 is 2.71 bits per heavy atom. The highest BCUT2D eigenvalue weighted by molar-refractivity contribution is 5.72. The van der Waals surface area contributed by atoms with Crippen molar-refractivity contribution in [1.82, 2.24) is 19.9 Å². The van der Waals surface area contributed by atoms with Crippen LogP contribution in [0.25, 0.3) is 0 Å². The van der Waals surface area contributed by atoms with Crippen LogP contribution < -0.4 is 0 Å². The standard InChI is InChI=1S/C24H34N4O3/c1-2-30-24(29)20-9-6-14-28(17-20)21-12-15-27(16-13-21)18-23-25-22(26-31-23)11-10-19-7-4-3-5-8-19/h3-5,7-8,20-21H,2,6,9-18H2,1H3/t20-/m0/s1. The maximum absolute atomic E-state index is 12.1. The number of aromatic nitrogens is 2. The molecule has 0 saturated carbocycles. The topological polar surface area (TPSA) is 71.7 Å². The summed E-state index contributed by atoms with van der Waals surface area (Å²) < 4.78 is 10.7. The predicted octanol–water partition coefficient (Wildman–Crippen LogP) is 3.09. The molecule has 0 N–H and O–H groups in total. The van der Waals surface area contributed by atoms with Gasteiger partial charge in [0, 0.05) is 32.1 Å². The maximum Gasteiger partial charge on any atom is 0.310 e. The lowest BCUT2D eigenvalue weighted by Gasteiger charge is -2.41. The number of carbonyl (C=O) groups is 1. The van der Waals surface area contributed by atoms with E-state index in [4.69, 9.17) is 9.26 Å². The smallest absolute Gasteiger partial charge is 0.310 e. The molecule has 2 aromatic rings. The number of carbonyl (C=O) groups excluding carboxylic acids is 1. The van der Waals surface area contributed by atoms with Crippen molar-refractivity contribution < 1.29 is 14.1 Å². The molecule has 0 bridgehead atoms. The van der Waals surface area contributed by atoms with E-state index in [2.05, 4.69) is 44.2 Å². The highest BCUT2D eigenvalue weighted by Gasteiger charge is 2.32. The molecule has 2 fully saturated rings. The number of hydrogen-bond donors (Lipinski definition) is 0. The minimum Gasteiger partial charge on any atom is -0.466 e. The van der Waals surface area contributed by atoms with Crippen LogP contribution in [0.15, 0.2) is 34.9 Å². The van der Waals surface area contributed by atoms with Crippen LogP contribution in [0.2, 0.25) is 0 Å². The van der Waals surface area contributed by atoms with Gasteiger partial charge in [0.25, 0.3) is 0 Å². The van der Waals surface area contributed by atoms with Crippen molar-refractivity contribution in [1.29, 1.82) is 0 Å². The lowest BCUT2D eigenvalue weighted by Crippen LogP contribution is -2.49. The second-order valence-electron chi connectivity index (χ2n) is 8.68. The molecule has 1 atom stereocenters. The first-order valence-electron chi connectivity index (χ1n) is 11.7. The highest BCUT2D eigenvalue weighted by Crippen LogP contribution is 2.25. The normalized spacial score (nSPS) is 21.3. The zero-order chi connectivity index (χ0) is 21.5. The van der Waals surface area contributed by atoms with E-state index in [1.165, 1.54) is 5.56 Å². The Kier molecular flexibility index (Phi) is 7.70. The number of ether oxygens (including phenoxy) is 1. The predicted molar refractivity (Wildman–Crippen MR) is 117 cm³/mol. The van der Waals surface area contributed by atoms with E-state index in [-0.39, 0.29) is 11.9 Å². The fourth-order valence-electron chi connectivity index (χ4n) is 4.78. The molecule has 7 nitrogen and oxygen atoms in total. The van der Waals surface area contributed by atoms with Gasteiger partial charge in [0.2, 0.25) is 5.89 Å². The zero-order valence-corrected chi connectivity index (χ0v) is 18.5. The first-order chi connectivity index (χ1) is 15.2. The monoisotopic (exact) mass is 426 g/mol. The van der Waals surface area contributed by atoms with Gasteiger partial charge < -0.3 is 9.26 Å². The number of likely N-dealkylation sites (tertiary alicyclic amines) is 2. The summed E-state index contributed by atoms with van der Waals surface area (Å²) in [6.45, 7) is 7.05. The molecule has 2 saturated heterocycles. The summed E-state index contributed by atoms with van der Waals surface area (Å²) in [5.41, 5.74) is 1.29. The summed E-state index contributed by atoms with van der Waals surface area (Å²) in [6.07, 6.45) is 5.99. The summed E-state index contributed by atoms with van der Waals surface area (Å²) in [4.78, 5) is 21.6. The van der Waals surface area contributed by atoms with Crippen molar-refractivity contribution >= 4 is 5.97 Å². The van der Waals surface area contributed by atoms with E-state index >= 15 is 0 Å². The van der Waals surface area contributed by atoms with Crippen molar-refractivity contribution in [2.75, 3.05) is 32.8 Å². The van der Waals surface area contributed by atoms with Gasteiger partial charge in [0.15, 0.2) is 5.82 Å². The van der Waals surface area contributed by atoms with E-state index in [0.717, 1.165) is 77.1 Å². The Balaban J connectivity index is 1.21. The van der Waals surface area contributed by atoms with Crippen molar-refractivity contribution in [2.24, 2.45) is 5.92 Å². The minimum absolute atomic E-state index is 0.0240. The number of piperidine rings is 2. The molecular weight excluding hydrogens is 392 g/mol. The van der Waals surface area contributed by atoms with Crippen molar-refractivity contribution in [2.45, 2.75) is 58.0 Å². The van der Waals surface area contributed by atoms with Crippen LogP contribution in [0.1, 0.15) is 49.9 Å². The summed E-state index contributed by atoms with van der Waals surface area (Å²) in [6, 6.07) is 11.0. The third-order valence-electron chi connectivity index (χ3n) is 6.50. The second-order valence-corrected chi connectivity index (χ2v) is 8.68. The molecule has 0 spiro atoms. The molecule has 0 amide bonds. The number of nitrogens with zero attached hydrogens (tertiary/aromatic N) is 4. The molecule has 7 heteroatoms. The van der Waals surface area contributed by atoms with E-state index in [9.17, 15) is 4.79 Å². The Morgan fingerprint density at radius 1 is 1.13 bits per heavy atom. The van der Waals surface area contributed by atoms with E-state index in [1.807, 2.05) is 13.0 Å². The van der Waals surface area contributed by atoms with Crippen LogP contribution in [-0.4, -0.2) is 64.7 Å². The molecule has 1 aromatic heterocycles. The second kappa shape index (κ2) is 10.9. The number of benzene rings is 1. The Labute approximate surface area is 184 Å². The van der Waals surface area contributed by atoms with E-state index < -0.39 is 0 Å². The Hall–Kier alpha value is -2.25. The van der Waals surface area contributed by atoms with Crippen molar-refractivity contribution in [3.63, 3.8) is 0 Å². The molecule has 0 aliphatic carbocycles. The van der Waals surface area contributed by atoms with Gasteiger partial charge in [-0.25, -0.2) is 0 Å². The van der Waals surface area contributed by atoms with Crippen LogP contribution in [0.4, 0.5) is 0 Å². The van der Waals surface area contributed by atoms with Gasteiger partial charge in [0.1, 0.15) is 0 Å². The molecular formula is C24H34N4O3. The van der Waals surface area contributed by atoms with Crippen LogP contribution >= 0.6 is 0 Å². The summed E-state index contributed by atoms with van der Waals surface area (Å²) >= 11 is 0. The van der Waals surface area contributed by atoms with Crippen molar-refractivity contribution in [3.8, 4) is 0 Å². The third-order valence-corrected chi connectivity index (χ3v) is 6.50. The van der Waals surface area contributed by atoms with Crippen LogP contribution in [0, 0.1) is 5.92 Å². The van der Waals surface area contributed by atoms with Crippen molar-refractivity contribution in [3.05, 3.63) is 47.6 Å². The Bertz CT molecular complexity index is 817. The molecule has 4 rings (SSSR count). The molecule has 3 heterocycles. The first-order valence-corrected chi connectivity index (χ1v) is 11.7. The molecule has 0 unspecified atom stereocenters. The molecule has 31 heavy (non-hydrogen) atoms. The van der Waals surface area contributed by atoms with Gasteiger partial charge in [-0.3, -0.25) is 14.6 Å². The van der Waals surface area contributed by atoms with E-state index in [0.29, 0.717) is 18.5 Å². The fraction of sp³-hybridized carbons (Fsp3) is 0.625. The van der Waals surface area contributed by atoms with Crippen LogP contribution in [-0.2, 0) is 28.9 Å².